The Bertz CT molecular complexity index is 586. The van der Waals surface area contributed by atoms with Crippen molar-refractivity contribution in [3.63, 3.8) is 0 Å². The Labute approximate surface area is 180 Å². The molecule has 1 aromatic rings. The van der Waals surface area contributed by atoms with Gasteiger partial charge in [-0.05, 0) is 43.5 Å². The number of thioether (sulfide) groups is 1. The molecule has 1 aliphatic rings. The first-order chi connectivity index (χ1) is 12.1. The molecule has 1 aliphatic carbocycles. The minimum absolute atomic E-state index is 0. The van der Waals surface area contributed by atoms with Gasteiger partial charge in [-0.1, -0.05) is 13.3 Å². The zero-order valence-electron chi connectivity index (χ0n) is 15.4. The van der Waals surface area contributed by atoms with Gasteiger partial charge in [0, 0.05) is 52.1 Å². The SMILES string of the molecule is CCS(=O)C1CCCC(NC(=NC)NCCSc2ccc(F)cc2)C1.I. The molecule has 8 heteroatoms. The Morgan fingerprint density at radius 2 is 2.08 bits per heavy atom. The molecule has 1 aromatic carbocycles. The van der Waals surface area contributed by atoms with Gasteiger partial charge in [0.15, 0.2) is 5.96 Å². The van der Waals surface area contributed by atoms with Gasteiger partial charge in [-0.25, -0.2) is 4.39 Å². The standard InChI is InChI=1S/C18H28FN3OS2.HI/c1-3-25(23)17-6-4-5-15(13-17)22-18(20-2)21-11-12-24-16-9-7-14(19)8-10-16;/h7-10,15,17H,3-6,11-13H2,1-2H3,(H2,20,21,22);1H. The van der Waals surface area contributed by atoms with E-state index in [-0.39, 0.29) is 29.8 Å². The Hall–Kier alpha value is -0.350. The van der Waals surface area contributed by atoms with Gasteiger partial charge in [-0.3, -0.25) is 9.20 Å². The largest absolute Gasteiger partial charge is 0.356 e. The van der Waals surface area contributed by atoms with Crippen LogP contribution < -0.4 is 10.6 Å². The molecule has 4 nitrogen and oxygen atoms in total. The van der Waals surface area contributed by atoms with Crippen LogP contribution in [0.25, 0.3) is 0 Å². The lowest BCUT2D eigenvalue weighted by atomic mass is 9.95. The summed E-state index contributed by atoms with van der Waals surface area (Å²) in [4.78, 5) is 5.35. The molecule has 1 fully saturated rings. The van der Waals surface area contributed by atoms with Gasteiger partial charge < -0.3 is 10.6 Å². The van der Waals surface area contributed by atoms with E-state index in [1.807, 2.05) is 6.92 Å². The second-order valence-electron chi connectivity index (χ2n) is 6.10. The van der Waals surface area contributed by atoms with Crippen molar-refractivity contribution in [3.8, 4) is 0 Å². The van der Waals surface area contributed by atoms with E-state index < -0.39 is 10.8 Å². The van der Waals surface area contributed by atoms with Crippen LogP contribution in [0.2, 0.25) is 0 Å². The molecule has 148 valence electrons. The maximum Gasteiger partial charge on any atom is 0.191 e. The summed E-state index contributed by atoms with van der Waals surface area (Å²) < 4.78 is 24.9. The molecule has 1 saturated carbocycles. The Morgan fingerprint density at radius 1 is 1.35 bits per heavy atom. The third-order valence-electron chi connectivity index (χ3n) is 4.32. The average Bonchev–Trinajstić information content (AvgIpc) is 2.65. The second-order valence-corrected chi connectivity index (χ2v) is 9.27. The maximum atomic E-state index is 12.9. The fourth-order valence-electron chi connectivity index (χ4n) is 3.01. The summed E-state index contributed by atoms with van der Waals surface area (Å²) in [6.07, 6.45) is 4.23. The number of aliphatic imine (C=N–C) groups is 1. The first kappa shape index (κ1) is 23.7. The highest BCUT2D eigenvalue weighted by atomic mass is 127. The zero-order valence-corrected chi connectivity index (χ0v) is 19.3. The Balaban J connectivity index is 0.00000338. The van der Waals surface area contributed by atoms with Crippen LogP contribution in [0.4, 0.5) is 4.39 Å². The lowest BCUT2D eigenvalue weighted by Crippen LogP contribution is -2.47. The van der Waals surface area contributed by atoms with Gasteiger partial charge in [0.2, 0.25) is 0 Å². The zero-order chi connectivity index (χ0) is 18.1. The van der Waals surface area contributed by atoms with Crippen molar-refractivity contribution in [2.24, 2.45) is 4.99 Å². The van der Waals surface area contributed by atoms with Crippen molar-refractivity contribution in [2.75, 3.05) is 25.1 Å². The van der Waals surface area contributed by atoms with E-state index in [4.69, 9.17) is 0 Å². The third kappa shape index (κ3) is 8.12. The van der Waals surface area contributed by atoms with Crippen LogP contribution >= 0.6 is 35.7 Å². The Morgan fingerprint density at radius 3 is 2.73 bits per heavy atom. The lowest BCUT2D eigenvalue weighted by Gasteiger charge is -2.30. The average molecular weight is 513 g/mol. The molecule has 0 spiro atoms. The van der Waals surface area contributed by atoms with Crippen molar-refractivity contribution in [3.05, 3.63) is 30.1 Å². The van der Waals surface area contributed by atoms with Gasteiger partial charge in [-0.2, -0.15) is 0 Å². The van der Waals surface area contributed by atoms with Crippen LogP contribution in [0.1, 0.15) is 32.6 Å². The maximum absolute atomic E-state index is 12.9. The number of halogens is 2. The normalized spacial score (nSPS) is 21.6. The summed E-state index contributed by atoms with van der Waals surface area (Å²) in [6.45, 7) is 2.77. The molecule has 0 aliphatic heterocycles. The summed E-state index contributed by atoms with van der Waals surface area (Å²) >= 11 is 1.68. The monoisotopic (exact) mass is 513 g/mol. The number of hydrogen-bond acceptors (Lipinski definition) is 3. The number of guanidine groups is 1. The first-order valence-corrected chi connectivity index (χ1v) is 11.2. The minimum atomic E-state index is -0.711. The molecule has 0 heterocycles. The van der Waals surface area contributed by atoms with Gasteiger partial charge >= 0.3 is 0 Å². The van der Waals surface area contributed by atoms with E-state index in [1.54, 1.807) is 30.9 Å². The van der Waals surface area contributed by atoms with Crippen LogP contribution in [0.5, 0.6) is 0 Å². The number of benzene rings is 1. The van der Waals surface area contributed by atoms with E-state index in [0.717, 1.165) is 54.6 Å². The molecule has 0 amide bonds. The lowest BCUT2D eigenvalue weighted by molar-refractivity contribution is 0.414. The summed E-state index contributed by atoms with van der Waals surface area (Å²) in [6, 6.07) is 6.89. The van der Waals surface area contributed by atoms with E-state index in [1.165, 1.54) is 12.1 Å². The minimum Gasteiger partial charge on any atom is -0.356 e. The van der Waals surface area contributed by atoms with Crippen molar-refractivity contribution in [1.29, 1.82) is 0 Å². The number of nitrogens with zero attached hydrogens (tertiary/aromatic N) is 1. The third-order valence-corrected chi connectivity index (χ3v) is 7.08. The summed E-state index contributed by atoms with van der Waals surface area (Å²) in [7, 11) is 1.06. The van der Waals surface area contributed by atoms with Crippen LogP contribution in [0.15, 0.2) is 34.2 Å². The molecule has 3 unspecified atom stereocenters. The molecule has 2 N–H and O–H groups in total. The highest BCUT2D eigenvalue weighted by molar-refractivity contribution is 14.0. The summed E-state index contributed by atoms with van der Waals surface area (Å²) in [5.41, 5.74) is 0. The predicted molar refractivity (Wildman–Crippen MR) is 122 cm³/mol. The van der Waals surface area contributed by atoms with Crippen molar-refractivity contribution in [1.82, 2.24) is 10.6 Å². The fraction of sp³-hybridized carbons (Fsp3) is 0.611. The smallest absolute Gasteiger partial charge is 0.191 e. The molecule has 0 aromatic heterocycles. The highest BCUT2D eigenvalue weighted by Gasteiger charge is 2.25. The molecular weight excluding hydrogens is 484 g/mol. The molecule has 0 saturated heterocycles. The van der Waals surface area contributed by atoms with E-state index in [9.17, 15) is 8.60 Å². The molecule has 0 radical (unpaired) electrons. The fourth-order valence-corrected chi connectivity index (χ4v) is 5.12. The summed E-state index contributed by atoms with van der Waals surface area (Å²) in [5.74, 6) is 2.21. The second kappa shape index (κ2) is 12.9. The molecule has 2 rings (SSSR count). The van der Waals surface area contributed by atoms with Crippen molar-refractivity contribution in [2.45, 2.75) is 48.8 Å². The van der Waals surface area contributed by atoms with Crippen LogP contribution in [-0.4, -0.2) is 46.6 Å². The van der Waals surface area contributed by atoms with Crippen LogP contribution in [0.3, 0.4) is 0 Å². The van der Waals surface area contributed by atoms with Crippen LogP contribution in [0, 0.1) is 5.82 Å². The number of rotatable bonds is 7. The van der Waals surface area contributed by atoms with Gasteiger partial charge in [0.1, 0.15) is 5.82 Å². The number of nitrogens with one attached hydrogen (secondary N) is 2. The topological polar surface area (TPSA) is 53.5 Å². The van der Waals surface area contributed by atoms with Crippen LogP contribution in [-0.2, 0) is 10.8 Å². The predicted octanol–water partition coefficient (Wildman–Crippen LogP) is 3.78. The van der Waals surface area contributed by atoms with E-state index >= 15 is 0 Å². The summed E-state index contributed by atoms with van der Waals surface area (Å²) in [5, 5.41) is 7.10. The number of hydrogen-bond donors (Lipinski definition) is 2. The van der Waals surface area contributed by atoms with Gasteiger partial charge in [0.05, 0.1) is 0 Å². The quantitative estimate of drug-likeness (QED) is 0.192. The first-order valence-electron chi connectivity index (χ1n) is 8.85. The van der Waals surface area contributed by atoms with Crippen molar-refractivity contribution < 1.29 is 8.60 Å². The molecule has 26 heavy (non-hydrogen) atoms. The molecular formula is C18H29FIN3OS2. The van der Waals surface area contributed by atoms with E-state index in [0.29, 0.717) is 11.3 Å². The highest BCUT2D eigenvalue weighted by Crippen LogP contribution is 2.23. The van der Waals surface area contributed by atoms with Gasteiger partial charge in [-0.15, -0.1) is 35.7 Å². The molecule has 3 atom stereocenters. The Kier molecular flexibility index (Phi) is 11.8. The van der Waals surface area contributed by atoms with E-state index in [2.05, 4.69) is 15.6 Å². The van der Waals surface area contributed by atoms with Gasteiger partial charge in [0.25, 0.3) is 0 Å². The molecule has 0 bridgehead atoms. The van der Waals surface area contributed by atoms with Crippen molar-refractivity contribution >= 4 is 52.5 Å².